The Morgan fingerprint density at radius 3 is 1.57 bits per heavy atom. The molecule has 0 saturated heterocycles. The first-order chi connectivity index (χ1) is 10.3. The van der Waals surface area contributed by atoms with Crippen molar-refractivity contribution >= 4 is 28.5 Å². The zero-order chi connectivity index (χ0) is 14.5. The number of allylic oxidation sites excluding steroid dienone is 4. The van der Waals surface area contributed by atoms with Crippen molar-refractivity contribution < 1.29 is 0 Å². The van der Waals surface area contributed by atoms with Crippen LogP contribution in [0.5, 0.6) is 0 Å². The normalized spacial score (nSPS) is 15.8. The zero-order valence-corrected chi connectivity index (χ0v) is 13.6. The molecule has 106 valence electrons. The fourth-order valence-electron chi connectivity index (χ4n) is 2.89. The van der Waals surface area contributed by atoms with Crippen LogP contribution >= 0.6 is 6.04 Å². The lowest BCUT2D eigenvalue weighted by Crippen LogP contribution is -2.25. The molecule has 0 atom stereocenters. The Bertz CT molecular complexity index is 629. The second kappa shape index (κ2) is 6.56. The van der Waals surface area contributed by atoms with E-state index in [1.54, 1.807) is 0 Å². The van der Waals surface area contributed by atoms with E-state index >= 15 is 0 Å². The van der Waals surface area contributed by atoms with Gasteiger partial charge >= 0.3 is 0 Å². The van der Waals surface area contributed by atoms with Crippen LogP contribution in [0.4, 0.5) is 0 Å². The van der Waals surface area contributed by atoms with Crippen molar-refractivity contribution in [2.24, 2.45) is 0 Å². The summed E-state index contributed by atoms with van der Waals surface area (Å²) in [6, 6.07) is 19.7. The number of rotatable bonds is 3. The summed E-state index contributed by atoms with van der Waals surface area (Å²) in [5, 5.41) is 2.67. The molecule has 0 unspecified atom stereocenters. The monoisotopic (exact) mass is 310 g/mol. The van der Waals surface area contributed by atoms with Crippen LogP contribution in [0.3, 0.4) is 0 Å². The van der Waals surface area contributed by atoms with Crippen molar-refractivity contribution in [1.82, 2.24) is 0 Å². The number of benzene rings is 2. The molecule has 2 aromatic rings. The van der Waals surface area contributed by atoms with E-state index in [-0.39, 0.29) is 0 Å². The fraction of sp³-hybridized carbons (Fsp3) is 0.158. The second-order valence-electron chi connectivity index (χ2n) is 5.31. The molecule has 0 aliphatic heterocycles. The highest BCUT2D eigenvalue weighted by Gasteiger charge is 2.30. The maximum absolute atomic E-state index is 6.36. The minimum atomic E-state index is -1.80. The lowest BCUT2D eigenvalue weighted by molar-refractivity contribution is 0.889. The van der Waals surface area contributed by atoms with Gasteiger partial charge in [0.25, 0.3) is 0 Å². The van der Waals surface area contributed by atoms with Gasteiger partial charge < -0.3 is 0 Å². The highest BCUT2D eigenvalue weighted by atomic mass is 32.4. The van der Waals surface area contributed by atoms with Gasteiger partial charge in [0.1, 0.15) is 0 Å². The molecular formula is C19H19PS. The minimum Gasteiger partial charge on any atom is -0.0873 e. The van der Waals surface area contributed by atoms with Gasteiger partial charge in [0.15, 0.2) is 0 Å². The van der Waals surface area contributed by atoms with Crippen molar-refractivity contribution in [2.45, 2.75) is 18.5 Å². The van der Waals surface area contributed by atoms with Crippen LogP contribution in [0.15, 0.2) is 85.0 Å². The average Bonchev–Trinajstić information content (AvgIpc) is 2.85. The molecule has 0 spiro atoms. The molecule has 0 N–H and O–H groups in total. The molecule has 0 nitrogen and oxygen atoms in total. The van der Waals surface area contributed by atoms with Crippen molar-refractivity contribution in [2.75, 3.05) is 0 Å². The summed E-state index contributed by atoms with van der Waals surface area (Å²) in [6.07, 6.45) is 11.0. The number of hydrogen-bond acceptors (Lipinski definition) is 1. The molecule has 2 heteroatoms. The largest absolute Gasteiger partial charge is 0.0873 e. The van der Waals surface area contributed by atoms with Gasteiger partial charge in [-0.2, -0.15) is 0 Å². The summed E-state index contributed by atoms with van der Waals surface area (Å²) in [5.74, 6) is 0. The second-order valence-corrected chi connectivity index (χ2v) is 10.1. The Morgan fingerprint density at radius 2 is 1.14 bits per heavy atom. The van der Waals surface area contributed by atoms with E-state index in [0.29, 0.717) is 5.66 Å². The van der Waals surface area contributed by atoms with Crippen molar-refractivity contribution in [3.05, 3.63) is 85.0 Å². The first-order valence-electron chi connectivity index (χ1n) is 7.34. The summed E-state index contributed by atoms with van der Waals surface area (Å²) in [6.45, 7) is 0. The van der Waals surface area contributed by atoms with Gasteiger partial charge in [0.2, 0.25) is 0 Å². The molecule has 2 aromatic carbocycles. The molecule has 1 aliphatic rings. The fourth-order valence-corrected chi connectivity index (χ4v) is 7.35. The predicted octanol–water partition coefficient (Wildman–Crippen LogP) is 4.39. The average molecular weight is 310 g/mol. The van der Waals surface area contributed by atoms with Crippen LogP contribution in [-0.4, -0.2) is 5.66 Å². The van der Waals surface area contributed by atoms with Crippen LogP contribution in [0.25, 0.3) is 0 Å². The Labute approximate surface area is 132 Å². The van der Waals surface area contributed by atoms with Gasteiger partial charge in [-0.05, 0) is 23.5 Å². The molecule has 0 saturated carbocycles. The molecule has 1 aliphatic carbocycles. The molecule has 0 bridgehead atoms. The SMILES string of the molecule is S=P(c1ccccc1)(c1ccccc1)C1CC=CC=CC1. The van der Waals surface area contributed by atoms with E-state index in [1.807, 2.05) is 0 Å². The lowest BCUT2D eigenvalue weighted by atomic mass is 10.2. The summed E-state index contributed by atoms with van der Waals surface area (Å²) >= 11 is 6.36. The van der Waals surface area contributed by atoms with Crippen LogP contribution < -0.4 is 10.6 Å². The van der Waals surface area contributed by atoms with E-state index in [1.165, 1.54) is 10.6 Å². The topological polar surface area (TPSA) is 0 Å². The summed E-state index contributed by atoms with van der Waals surface area (Å²) < 4.78 is 0. The molecule has 0 fully saturated rings. The first kappa shape index (κ1) is 14.5. The molecule has 3 rings (SSSR count). The van der Waals surface area contributed by atoms with Crippen molar-refractivity contribution in [3.8, 4) is 0 Å². The van der Waals surface area contributed by atoms with Crippen LogP contribution in [0.1, 0.15) is 12.8 Å². The Hall–Kier alpha value is -1.43. The van der Waals surface area contributed by atoms with Gasteiger partial charge in [0.05, 0.1) is 0 Å². The number of hydrogen-bond donors (Lipinski definition) is 0. The van der Waals surface area contributed by atoms with Crippen molar-refractivity contribution in [1.29, 1.82) is 0 Å². The molecule has 0 aromatic heterocycles. The van der Waals surface area contributed by atoms with Crippen molar-refractivity contribution in [3.63, 3.8) is 0 Å². The first-order valence-corrected chi connectivity index (χ1v) is 10.2. The maximum atomic E-state index is 6.36. The molecule has 21 heavy (non-hydrogen) atoms. The van der Waals surface area contributed by atoms with Gasteiger partial charge in [-0.25, -0.2) is 0 Å². The quantitative estimate of drug-likeness (QED) is 0.758. The summed E-state index contributed by atoms with van der Waals surface area (Å²) in [7, 11) is 0. The Morgan fingerprint density at radius 1 is 0.714 bits per heavy atom. The van der Waals surface area contributed by atoms with Gasteiger partial charge in [-0.1, -0.05) is 96.8 Å². The van der Waals surface area contributed by atoms with E-state index in [4.69, 9.17) is 11.8 Å². The van der Waals surface area contributed by atoms with Crippen LogP contribution in [0, 0.1) is 0 Å². The molecule has 0 radical (unpaired) electrons. The summed E-state index contributed by atoms with van der Waals surface area (Å²) in [4.78, 5) is 0. The summed E-state index contributed by atoms with van der Waals surface area (Å²) in [5.41, 5.74) is 0.507. The zero-order valence-electron chi connectivity index (χ0n) is 11.9. The van der Waals surface area contributed by atoms with E-state index in [0.717, 1.165) is 12.8 Å². The highest BCUT2D eigenvalue weighted by molar-refractivity contribution is 8.22. The molecular weight excluding hydrogens is 291 g/mol. The smallest absolute Gasteiger partial charge is 0.0141 e. The third kappa shape index (κ3) is 2.95. The van der Waals surface area contributed by atoms with Crippen LogP contribution in [-0.2, 0) is 11.8 Å². The third-order valence-corrected chi connectivity index (χ3v) is 9.73. The maximum Gasteiger partial charge on any atom is 0.0141 e. The van der Waals surface area contributed by atoms with Gasteiger partial charge in [0, 0.05) is 11.7 Å². The van der Waals surface area contributed by atoms with E-state index in [2.05, 4.69) is 85.0 Å². The van der Waals surface area contributed by atoms with E-state index in [9.17, 15) is 0 Å². The van der Waals surface area contributed by atoms with Gasteiger partial charge in [-0.3, -0.25) is 0 Å². The lowest BCUT2D eigenvalue weighted by Gasteiger charge is -2.31. The molecule has 0 heterocycles. The van der Waals surface area contributed by atoms with Crippen LogP contribution in [0.2, 0.25) is 0 Å². The standard InChI is InChI=1S/C19H19PS/c21-20(18-13-7-3-8-14-18,19-15-9-4-10-16-19)17-11-5-1-2-6-12-17/h1-10,13-17H,11-12H2. The van der Waals surface area contributed by atoms with Gasteiger partial charge in [-0.15, -0.1) is 0 Å². The minimum absolute atomic E-state index is 0.507. The Balaban J connectivity index is 2.13. The Kier molecular flexibility index (Phi) is 4.53. The van der Waals surface area contributed by atoms with E-state index < -0.39 is 6.04 Å². The third-order valence-electron chi connectivity index (χ3n) is 3.99. The predicted molar refractivity (Wildman–Crippen MR) is 97.7 cm³/mol. The highest BCUT2D eigenvalue weighted by Crippen LogP contribution is 2.52. The molecule has 0 amide bonds.